The minimum atomic E-state index is -0.261. The highest BCUT2D eigenvalue weighted by Gasteiger charge is 2.05. The standard InChI is InChI=1S/C12H13BrFN3/c1-8-3-10(13)11(14)4-12(8)16-6-9-5-15-7-17(9)2/h3-5,7,16H,6H2,1-2H3. The van der Waals surface area contributed by atoms with Gasteiger partial charge in [0.05, 0.1) is 23.0 Å². The molecule has 0 radical (unpaired) electrons. The molecule has 0 unspecified atom stereocenters. The van der Waals surface area contributed by atoms with Crippen LogP contribution < -0.4 is 5.32 Å². The van der Waals surface area contributed by atoms with E-state index in [-0.39, 0.29) is 5.82 Å². The van der Waals surface area contributed by atoms with Crippen molar-refractivity contribution in [3.05, 3.63) is 46.2 Å². The number of halogens is 2. The molecule has 1 aromatic carbocycles. The van der Waals surface area contributed by atoms with Crippen LogP contribution in [0.5, 0.6) is 0 Å². The Morgan fingerprint density at radius 2 is 2.24 bits per heavy atom. The van der Waals surface area contributed by atoms with Crippen molar-refractivity contribution in [3.8, 4) is 0 Å². The molecule has 0 aliphatic heterocycles. The second-order valence-corrected chi connectivity index (χ2v) is 4.79. The first kappa shape index (κ1) is 12.1. The molecule has 1 N–H and O–H groups in total. The summed E-state index contributed by atoms with van der Waals surface area (Å²) in [5.41, 5.74) is 2.85. The Balaban J connectivity index is 2.14. The summed E-state index contributed by atoms with van der Waals surface area (Å²) >= 11 is 3.16. The Bertz CT molecular complexity index is 537. The number of aromatic nitrogens is 2. The molecule has 0 saturated carbocycles. The van der Waals surface area contributed by atoms with Crippen LogP contribution in [0.1, 0.15) is 11.3 Å². The van der Waals surface area contributed by atoms with Gasteiger partial charge in [-0.25, -0.2) is 9.37 Å². The molecule has 0 aliphatic carbocycles. The molecule has 1 aromatic heterocycles. The molecule has 2 rings (SSSR count). The first-order chi connectivity index (χ1) is 8.08. The molecular formula is C12H13BrFN3. The van der Waals surface area contributed by atoms with Gasteiger partial charge in [0.25, 0.3) is 0 Å². The van der Waals surface area contributed by atoms with Gasteiger partial charge in [0, 0.05) is 18.9 Å². The lowest BCUT2D eigenvalue weighted by Gasteiger charge is -2.10. The number of nitrogens with zero attached hydrogens (tertiary/aromatic N) is 2. The van der Waals surface area contributed by atoms with Gasteiger partial charge in [0.1, 0.15) is 5.82 Å². The zero-order valence-electron chi connectivity index (χ0n) is 9.67. The van der Waals surface area contributed by atoms with Crippen LogP contribution in [0.15, 0.2) is 29.1 Å². The molecule has 5 heteroatoms. The number of benzene rings is 1. The van der Waals surface area contributed by atoms with Crippen LogP contribution in [0.25, 0.3) is 0 Å². The van der Waals surface area contributed by atoms with Crippen molar-refractivity contribution < 1.29 is 4.39 Å². The maximum atomic E-state index is 13.4. The van der Waals surface area contributed by atoms with Crippen molar-refractivity contribution in [1.82, 2.24) is 9.55 Å². The Labute approximate surface area is 108 Å². The van der Waals surface area contributed by atoms with E-state index in [1.165, 1.54) is 6.07 Å². The molecule has 3 nitrogen and oxygen atoms in total. The van der Waals surface area contributed by atoms with Crippen molar-refractivity contribution in [1.29, 1.82) is 0 Å². The van der Waals surface area contributed by atoms with E-state index >= 15 is 0 Å². The zero-order valence-corrected chi connectivity index (χ0v) is 11.3. The number of aryl methyl sites for hydroxylation is 2. The van der Waals surface area contributed by atoms with Gasteiger partial charge >= 0.3 is 0 Å². The lowest BCUT2D eigenvalue weighted by atomic mass is 10.2. The van der Waals surface area contributed by atoms with E-state index < -0.39 is 0 Å². The van der Waals surface area contributed by atoms with E-state index in [0.717, 1.165) is 16.9 Å². The summed E-state index contributed by atoms with van der Waals surface area (Å²) in [6, 6.07) is 3.26. The van der Waals surface area contributed by atoms with Crippen LogP contribution in [-0.2, 0) is 13.6 Å². The van der Waals surface area contributed by atoms with Gasteiger partial charge in [-0.05, 0) is 40.5 Å². The van der Waals surface area contributed by atoms with Crippen molar-refractivity contribution in [3.63, 3.8) is 0 Å². The Morgan fingerprint density at radius 3 is 2.88 bits per heavy atom. The van der Waals surface area contributed by atoms with Gasteiger partial charge in [0.15, 0.2) is 0 Å². The number of rotatable bonds is 3. The van der Waals surface area contributed by atoms with Gasteiger partial charge in [-0.2, -0.15) is 0 Å². The third kappa shape index (κ3) is 2.66. The number of anilines is 1. The van der Waals surface area contributed by atoms with E-state index in [1.54, 1.807) is 18.6 Å². The van der Waals surface area contributed by atoms with Crippen LogP contribution >= 0.6 is 15.9 Å². The topological polar surface area (TPSA) is 29.9 Å². The SMILES string of the molecule is Cc1cc(Br)c(F)cc1NCc1cncn1C. The summed E-state index contributed by atoms with van der Waals surface area (Å²) in [6.45, 7) is 2.56. The predicted molar refractivity (Wildman–Crippen MR) is 69.4 cm³/mol. The number of hydrogen-bond acceptors (Lipinski definition) is 2. The van der Waals surface area contributed by atoms with Crippen molar-refractivity contribution >= 4 is 21.6 Å². The fraction of sp³-hybridized carbons (Fsp3) is 0.250. The van der Waals surface area contributed by atoms with Crippen LogP contribution in [0, 0.1) is 12.7 Å². The number of imidazole rings is 1. The van der Waals surface area contributed by atoms with Gasteiger partial charge in [0.2, 0.25) is 0 Å². The van der Waals surface area contributed by atoms with Gasteiger partial charge in [-0.1, -0.05) is 0 Å². The van der Waals surface area contributed by atoms with Crippen molar-refractivity contribution in [2.75, 3.05) is 5.32 Å². The fourth-order valence-corrected chi connectivity index (χ4v) is 2.04. The minimum absolute atomic E-state index is 0.261. The maximum absolute atomic E-state index is 13.4. The average molecular weight is 298 g/mol. The van der Waals surface area contributed by atoms with Gasteiger partial charge in [-0.3, -0.25) is 0 Å². The molecule has 0 saturated heterocycles. The normalized spacial score (nSPS) is 10.6. The highest BCUT2D eigenvalue weighted by Crippen LogP contribution is 2.24. The molecule has 90 valence electrons. The number of nitrogens with one attached hydrogen (secondary N) is 1. The first-order valence-electron chi connectivity index (χ1n) is 5.22. The third-order valence-electron chi connectivity index (χ3n) is 2.64. The van der Waals surface area contributed by atoms with Gasteiger partial charge < -0.3 is 9.88 Å². The largest absolute Gasteiger partial charge is 0.379 e. The van der Waals surface area contributed by atoms with Crippen LogP contribution in [0.2, 0.25) is 0 Å². The van der Waals surface area contributed by atoms with Gasteiger partial charge in [-0.15, -0.1) is 0 Å². The van der Waals surface area contributed by atoms with E-state index in [2.05, 4.69) is 26.2 Å². The summed E-state index contributed by atoms with van der Waals surface area (Å²) in [5, 5.41) is 3.20. The Kier molecular flexibility index (Phi) is 3.47. The van der Waals surface area contributed by atoms with E-state index in [1.807, 2.05) is 18.5 Å². The second kappa shape index (κ2) is 4.87. The molecule has 0 fully saturated rings. The summed E-state index contributed by atoms with van der Waals surface area (Å²) < 4.78 is 15.8. The first-order valence-corrected chi connectivity index (χ1v) is 6.02. The number of hydrogen-bond donors (Lipinski definition) is 1. The molecule has 0 aliphatic rings. The predicted octanol–water partition coefficient (Wildman–Crippen LogP) is 3.24. The molecule has 0 spiro atoms. The van der Waals surface area contributed by atoms with E-state index in [4.69, 9.17) is 0 Å². The minimum Gasteiger partial charge on any atom is -0.379 e. The van der Waals surface area contributed by atoms with Crippen molar-refractivity contribution in [2.24, 2.45) is 7.05 Å². The lowest BCUT2D eigenvalue weighted by molar-refractivity contribution is 0.621. The quantitative estimate of drug-likeness (QED) is 0.942. The summed E-state index contributed by atoms with van der Waals surface area (Å²) in [6.07, 6.45) is 3.53. The summed E-state index contributed by atoms with van der Waals surface area (Å²) in [5.74, 6) is -0.261. The lowest BCUT2D eigenvalue weighted by Crippen LogP contribution is -2.05. The smallest absolute Gasteiger partial charge is 0.139 e. The van der Waals surface area contributed by atoms with E-state index in [9.17, 15) is 4.39 Å². The highest BCUT2D eigenvalue weighted by atomic mass is 79.9. The molecule has 1 heterocycles. The third-order valence-corrected chi connectivity index (χ3v) is 3.25. The molecule has 0 amide bonds. The molecule has 0 bridgehead atoms. The monoisotopic (exact) mass is 297 g/mol. The van der Waals surface area contributed by atoms with E-state index in [0.29, 0.717) is 11.0 Å². The second-order valence-electron chi connectivity index (χ2n) is 3.93. The Morgan fingerprint density at radius 1 is 1.47 bits per heavy atom. The molecule has 0 atom stereocenters. The molecule has 2 aromatic rings. The summed E-state index contributed by atoms with van der Waals surface area (Å²) in [4.78, 5) is 4.03. The molecule has 17 heavy (non-hydrogen) atoms. The van der Waals surface area contributed by atoms with Crippen LogP contribution in [0.4, 0.5) is 10.1 Å². The van der Waals surface area contributed by atoms with Crippen LogP contribution in [-0.4, -0.2) is 9.55 Å². The summed E-state index contributed by atoms with van der Waals surface area (Å²) in [7, 11) is 1.93. The van der Waals surface area contributed by atoms with Crippen LogP contribution in [0.3, 0.4) is 0 Å². The zero-order chi connectivity index (χ0) is 12.4. The van der Waals surface area contributed by atoms with Crippen molar-refractivity contribution in [2.45, 2.75) is 13.5 Å². The maximum Gasteiger partial charge on any atom is 0.139 e. The average Bonchev–Trinajstić information content (AvgIpc) is 2.68. The Hall–Kier alpha value is -1.36. The highest BCUT2D eigenvalue weighted by molar-refractivity contribution is 9.10. The molecular weight excluding hydrogens is 285 g/mol. The fourth-order valence-electron chi connectivity index (χ4n) is 1.58.